The third-order valence-corrected chi connectivity index (χ3v) is 4.05. The molecule has 0 amide bonds. The van der Waals surface area contributed by atoms with Gasteiger partial charge in [-0.1, -0.05) is 0 Å². The van der Waals surface area contributed by atoms with E-state index in [1.165, 1.54) is 12.8 Å². The van der Waals surface area contributed by atoms with E-state index in [-0.39, 0.29) is 11.0 Å². The molecule has 1 heterocycles. The van der Waals surface area contributed by atoms with Crippen LogP contribution in [0.1, 0.15) is 12.8 Å². The highest BCUT2D eigenvalue weighted by molar-refractivity contribution is 9.10. The Morgan fingerprint density at radius 2 is 2.29 bits per heavy atom. The third kappa shape index (κ3) is 1.91. The van der Waals surface area contributed by atoms with Crippen molar-refractivity contribution in [2.24, 2.45) is 5.41 Å². The number of thiol groups is 1. The van der Waals surface area contributed by atoms with Gasteiger partial charge < -0.3 is 4.57 Å². The second kappa shape index (κ2) is 3.74. The Morgan fingerprint density at radius 1 is 1.57 bits per heavy atom. The van der Waals surface area contributed by atoms with Crippen molar-refractivity contribution in [2.45, 2.75) is 19.4 Å². The quantitative estimate of drug-likeness (QED) is 0.839. The van der Waals surface area contributed by atoms with Crippen LogP contribution in [-0.2, 0) is 6.54 Å². The van der Waals surface area contributed by atoms with Crippen LogP contribution in [0.2, 0.25) is 0 Å². The zero-order chi connectivity index (χ0) is 10.2. The van der Waals surface area contributed by atoms with Gasteiger partial charge in [-0.2, -0.15) is 12.6 Å². The molecule has 0 aromatic carbocycles. The van der Waals surface area contributed by atoms with E-state index in [9.17, 15) is 4.79 Å². The Labute approximate surface area is 96.9 Å². The third-order valence-electron chi connectivity index (χ3n) is 2.77. The molecule has 1 aromatic rings. The van der Waals surface area contributed by atoms with Crippen LogP contribution in [0, 0.1) is 5.41 Å². The molecule has 76 valence electrons. The van der Waals surface area contributed by atoms with Crippen molar-refractivity contribution in [2.75, 3.05) is 5.75 Å². The maximum Gasteiger partial charge on any atom is 0.264 e. The molecule has 0 radical (unpaired) electrons. The van der Waals surface area contributed by atoms with Crippen LogP contribution in [0.4, 0.5) is 0 Å². The summed E-state index contributed by atoms with van der Waals surface area (Å²) in [6, 6.07) is 3.67. The molecule has 4 heteroatoms. The Hall–Kier alpha value is -0.220. The lowest BCUT2D eigenvalue weighted by Gasteiger charge is -2.13. The summed E-state index contributed by atoms with van der Waals surface area (Å²) in [6.45, 7) is 0.800. The molecule has 0 N–H and O–H groups in total. The number of hydrogen-bond donors (Lipinski definition) is 1. The van der Waals surface area contributed by atoms with Crippen molar-refractivity contribution in [1.82, 2.24) is 4.57 Å². The fourth-order valence-corrected chi connectivity index (χ4v) is 2.33. The van der Waals surface area contributed by atoms with Crippen LogP contribution in [0.25, 0.3) is 0 Å². The lowest BCUT2D eigenvalue weighted by atomic mass is 10.1. The summed E-state index contributed by atoms with van der Waals surface area (Å²) >= 11 is 7.57. The fourth-order valence-electron chi connectivity index (χ4n) is 1.54. The lowest BCUT2D eigenvalue weighted by Crippen LogP contribution is -2.25. The smallest absolute Gasteiger partial charge is 0.264 e. The van der Waals surface area contributed by atoms with E-state index in [4.69, 9.17) is 0 Å². The SMILES string of the molecule is O=c1c(Br)cccn1CC1(CS)CC1. The first-order valence-corrected chi connectivity index (χ1v) is 6.05. The van der Waals surface area contributed by atoms with E-state index in [0.717, 1.165) is 12.3 Å². The first kappa shape index (κ1) is 10.3. The highest BCUT2D eigenvalue weighted by atomic mass is 79.9. The van der Waals surface area contributed by atoms with Gasteiger partial charge in [0.15, 0.2) is 0 Å². The van der Waals surface area contributed by atoms with Gasteiger partial charge in [0, 0.05) is 12.7 Å². The molecule has 0 saturated heterocycles. The maximum absolute atomic E-state index is 11.7. The topological polar surface area (TPSA) is 22.0 Å². The molecule has 1 aliphatic rings. The highest BCUT2D eigenvalue weighted by Crippen LogP contribution is 2.47. The number of aromatic nitrogens is 1. The second-order valence-corrected chi connectivity index (χ2v) is 5.12. The van der Waals surface area contributed by atoms with Crippen molar-refractivity contribution >= 4 is 28.6 Å². The second-order valence-electron chi connectivity index (χ2n) is 3.95. The van der Waals surface area contributed by atoms with Crippen LogP contribution in [0.3, 0.4) is 0 Å². The van der Waals surface area contributed by atoms with E-state index in [2.05, 4.69) is 28.6 Å². The molecule has 2 nitrogen and oxygen atoms in total. The van der Waals surface area contributed by atoms with Crippen LogP contribution in [0.15, 0.2) is 27.6 Å². The van der Waals surface area contributed by atoms with Crippen LogP contribution >= 0.6 is 28.6 Å². The fraction of sp³-hybridized carbons (Fsp3) is 0.500. The number of halogens is 1. The molecule has 1 fully saturated rings. The van der Waals surface area contributed by atoms with Gasteiger partial charge in [-0.25, -0.2) is 0 Å². The molecule has 2 rings (SSSR count). The average Bonchev–Trinajstić information content (AvgIpc) is 2.94. The Morgan fingerprint density at radius 3 is 2.86 bits per heavy atom. The summed E-state index contributed by atoms with van der Waals surface area (Å²) in [5, 5.41) is 0. The lowest BCUT2D eigenvalue weighted by molar-refractivity contribution is 0.463. The van der Waals surface area contributed by atoms with Gasteiger partial charge in [-0.3, -0.25) is 4.79 Å². The minimum absolute atomic E-state index is 0.0561. The van der Waals surface area contributed by atoms with Gasteiger partial charge in [-0.15, -0.1) is 0 Å². The standard InChI is InChI=1S/C10H12BrNOS/c11-8-2-1-5-12(9(8)13)6-10(7-14)3-4-10/h1-2,5,14H,3-4,6-7H2. The van der Waals surface area contributed by atoms with Crippen molar-refractivity contribution < 1.29 is 0 Å². The molecule has 0 atom stereocenters. The van der Waals surface area contributed by atoms with Gasteiger partial charge in [0.2, 0.25) is 0 Å². The highest BCUT2D eigenvalue weighted by Gasteiger charge is 2.41. The summed E-state index contributed by atoms with van der Waals surface area (Å²) < 4.78 is 2.41. The Balaban J connectivity index is 2.25. The molecule has 1 saturated carbocycles. The normalized spacial score (nSPS) is 18.1. The maximum atomic E-state index is 11.7. The number of pyridine rings is 1. The van der Waals surface area contributed by atoms with E-state index in [1.807, 2.05) is 12.3 Å². The first-order valence-electron chi connectivity index (χ1n) is 4.63. The minimum Gasteiger partial charge on any atom is -0.314 e. The summed E-state index contributed by atoms with van der Waals surface area (Å²) in [5.74, 6) is 0.867. The predicted octanol–water partition coefficient (Wildman–Crippen LogP) is 2.32. The molecule has 0 unspecified atom stereocenters. The van der Waals surface area contributed by atoms with Gasteiger partial charge in [0.05, 0.1) is 4.47 Å². The van der Waals surface area contributed by atoms with E-state index >= 15 is 0 Å². The number of hydrogen-bond acceptors (Lipinski definition) is 2. The zero-order valence-corrected chi connectivity index (χ0v) is 10.2. The van der Waals surface area contributed by atoms with Crippen molar-refractivity contribution in [3.63, 3.8) is 0 Å². The van der Waals surface area contributed by atoms with E-state index in [0.29, 0.717) is 4.47 Å². The van der Waals surface area contributed by atoms with E-state index < -0.39 is 0 Å². The number of nitrogens with zero attached hydrogens (tertiary/aromatic N) is 1. The van der Waals surface area contributed by atoms with Gasteiger partial charge in [-0.05, 0) is 52.1 Å². The molecule has 14 heavy (non-hydrogen) atoms. The average molecular weight is 274 g/mol. The molecule has 0 spiro atoms. The van der Waals surface area contributed by atoms with Gasteiger partial charge in [0.25, 0.3) is 5.56 Å². The summed E-state index contributed by atoms with van der Waals surface area (Å²) in [7, 11) is 0. The molecular formula is C10H12BrNOS. The number of rotatable bonds is 3. The first-order chi connectivity index (χ1) is 6.67. The molecule has 0 bridgehead atoms. The van der Waals surface area contributed by atoms with Gasteiger partial charge >= 0.3 is 0 Å². The monoisotopic (exact) mass is 273 g/mol. The molecule has 1 aliphatic carbocycles. The van der Waals surface area contributed by atoms with Crippen molar-refractivity contribution in [3.05, 3.63) is 33.2 Å². The summed E-state index contributed by atoms with van der Waals surface area (Å²) in [5.41, 5.74) is 0.342. The molecular weight excluding hydrogens is 262 g/mol. The molecule has 0 aliphatic heterocycles. The zero-order valence-electron chi connectivity index (χ0n) is 7.74. The Bertz CT molecular complexity index is 397. The largest absolute Gasteiger partial charge is 0.314 e. The van der Waals surface area contributed by atoms with Crippen LogP contribution in [-0.4, -0.2) is 10.3 Å². The Kier molecular flexibility index (Phi) is 2.75. The summed E-state index contributed by atoms with van der Waals surface area (Å²) in [4.78, 5) is 11.7. The predicted molar refractivity (Wildman–Crippen MR) is 63.9 cm³/mol. The minimum atomic E-state index is 0.0561. The van der Waals surface area contributed by atoms with Crippen molar-refractivity contribution in [1.29, 1.82) is 0 Å². The van der Waals surface area contributed by atoms with Gasteiger partial charge in [0.1, 0.15) is 0 Å². The van der Waals surface area contributed by atoms with Crippen molar-refractivity contribution in [3.8, 4) is 0 Å². The summed E-state index contributed by atoms with van der Waals surface area (Å²) in [6.07, 6.45) is 4.22. The van der Waals surface area contributed by atoms with Crippen LogP contribution in [0.5, 0.6) is 0 Å². The van der Waals surface area contributed by atoms with E-state index in [1.54, 1.807) is 10.6 Å². The van der Waals surface area contributed by atoms with Crippen LogP contribution < -0.4 is 5.56 Å². The molecule has 1 aromatic heterocycles.